The lowest BCUT2D eigenvalue weighted by Gasteiger charge is -2.43. The van der Waals surface area contributed by atoms with Gasteiger partial charge in [-0.05, 0) is 12.8 Å². The van der Waals surface area contributed by atoms with Crippen molar-refractivity contribution in [2.45, 2.75) is 18.9 Å². The van der Waals surface area contributed by atoms with E-state index in [1.54, 1.807) is 0 Å². The van der Waals surface area contributed by atoms with Crippen LogP contribution >= 0.6 is 0 Å². The Bertz CT molecular complexity index is 265. The molecule has 1 aliphatic carbocycles. The lowest BCUT2D eigenvalue weighted by Crippen LogP contribution is -2.57. The molecule has 0 aromatic carbocycles. The van der Waals surface area contributed by atoms with Crippen LogP contribution in [0.4, 0.5) is 0 Å². The van der Waals surface area contributed by atoms with Crippen molar-refractivity contribution in [1.29, 1.82) is 0 Å². The Kier molecular flexibility index (Phi) is 2.41. The summed E-state index contributed by atoms with van der Waals surface area (Å²) in [6, 6.07) is 0.0820. The molecular weight excluding hydrogens is 184 g/mol. The second-order valence-corrected chi connectivity index (χ2v) is 3.91. The summed E-state index contributed by atoms with van der Waals surface area (Å²) in [5.74, 6) is -0.986. The van der Waals surface area contributed by atoms with Crippen molar-refractivity contribution in [2.75, 3.05) is 19.6 Å². The standard InChI is InChI=1S/C9H14N2O3/c12-8-5-11(4-3-10-8)7-2-1-6(7)9(13)14/h6-7H,1-5H2,(H,10,12)(H,13,14). The van der Waals surface area contributed by atoms with E-state index in [9.17, 15) is 9.59 Å². The summed E-state index contributed by atoms with van der Waals surface area (Å²) in [7, 11) is 0. The fraction of sp³-hybridized carbons (Fsp3) is 0.778. The average Bonchev–Trinajstić information content (AvgIpc) is 2.00. The first-order chi connectivity index (χ1) is 6.68. The van der Waals surface area contributed by atoms with Gasteiger partial charge in [0.05, 0.1) is 12.5 Å². The van der Waals surface area contributed by atoms with Gasteiger partial charge in [-0.2, -0.15) is 0 Å². The molecule has 1 saturated heterocycles. The number of hydrogen-bond donors (Lipinski definition) is 2. The quantitative estimate of drug-likeness (QED) is 0.614. The molecule has 1 heterocycles. The van der Waals surface area contributed by atoms with Crippen LogP contribution in [0, 0.1) is 5.92 Å². The van der Waals surface area contributed by atoms with Crippen molar-refractivity contribution in [2.24, 2.45) is 5.92 Å². The Morgan fingerprint density at radius 2 is 2.29 bits per heavy atom. The molecule has 0 spiro atoms. The Balaban J connectivity index is 1.94. The molecule has 0 bridgehead atoms. The van der Waals surface area contributed by atoms with Crippen LogP contribution in [-0.4, -0.2) is 47.6 Å². The molecule has 0 aromatic heterocycles. The maximum atomic E-state index is 11.1. The summed E-state index contributed by atoms with van der Waals surface area (Å²) in [4.78, 5) is 23.9. The van der Waals surface area contributed by atoms with Gasteiger partial charge in [-0.1, -0.05) is 0 Å². The number of nitrogens with one attached hydrogen (secondary N) is 1. The fourth-order valence-corrected chi connectivity index (χ4v) is 2.15. The SMILES string of the molecule is O=C1CN(C2CCC2C(=O)O)CCN1. The first-order valence-corrected chi connectivity index (χ1v) is 4.92. The molecule has 78 valence electrons. The first-order valence-electron chi connectivity index (χ1n) is 4.92. The second-order valence-electron chi connectivity index (χ2n) is 3.91. The zero-order chi connectivity index (χ0) is 10.1. The number of carbonyl (C=O) groups is 2. The number of carboxylic acids is 1. The average molecular weight is 198 g/mol. The van der Waals surface area contributed by atoms with Gasteiger partial charge in [0.2, 0.25) is 5.91 Å². The Morgan fingerprint density at radius 1 is 1.50 bits per heavy atom. The van der Waals surface area contributed by atoms with E-state index in [0.29, 0.717) is 13.1 Å². The minimum atomic E-state index is -0.729. The third kappa shape index (κ3) is 1.59. The van der Waals surface area contributed by atoms with Crippen LogP contribution in [0.25, 0.3) is 0 Å². The normalized spacial score (nSPS) is 33.3. The highest BCUT2D eigenvalue weighted by molar-refractivity contribution is 5.79. The minimum Gasteiger partial charge on any atom is -0.481 e. The smallest absolute Gasteiger partial charge is 0.308 e. The Labute approximate surface area is 82.1 Å². The largest absolute Gasteiger partial charge is 0.481 e. The summed E-state index contributed by atoms with van der Waals surface area (Å²) in [6.45, 7) is 1.77. The number of amides is 1. The van der Waals surface area contributed by atoms with E-state index in [2.05, 4.69) is 5.32 Å². The molecule has 2 N–H and O–H groups in total. The molecule has 2 aliphatic rings. The zero-order valence-electron chi connectivity index (χ0n) is 7.90. The van der Waals surface area contributed by atoms with E-state index in [1.165, 1.54) is 0 Å². The number of rotatable bonds is 2. The molecule has 1 saturated carbocycles. The Morgan fingerprint density at radius 3 is 2.79 bits per heavy atom. The van der Waals surface area contributed by atoms with Gasteiger partial charge < -0.3 is 10.4 Å². The van der Waals surface area contributed by atoms with Crippen LogP contribution in [-0.2, 0) is 9.59 Å². The maximum absolute atomic E-state index is 11.1. The summed E-state index contributed by atoms with van der Waals surface area (Å²) in [5.41, 5.74) is 0. The second kappa shape index (κ2) is 3.57. The monoisotopic (exact) mass is 198 g/mol. The molecule has 2 fully saturated rings. The van der Waals surface area contributed by atoms with Gasteiger partial charge in [0, 0.05) is 19.1 Å². The number of nitrogens with zero attached hydrogens (tertiary/aromatic N) is 1. The molecule has 5 heteroatoms. The number of piperazine rings is 1. The topological polar surface area (TPSA) is 69.6 Å². The van der Waals surface area contributed by atoms with Crippen LogP contribution < -0.4 is 5.32 Å². The van der Waals surface area contributed by atoms with Gasteiger partial charge in [0.15, 0.2) is 0 Å². The lowest BCUT2D eigenvalue weighted by molar-refractivity contribution is -0.150. The van der Waals surface area contributed by atoms with Gasteiger partial charge >= 0.3 is 5.97 Å². The van der Waals surface area contributed by atoms with Crippen molar-refractivity contribution in [3.8, 4) is 0 Å². The number of carboxylic acid groups (broad SMARTS) is 1. The molecule has 2 atom stereocenters. The number of aliphatic carboxylic acids is 1. The third-order valence-electron chi connectivity index (χ3n) is 3.09. The van der Waals surface area contributed by atoms with Crippen LogP contribution in [0.2, 0.25) is 0 Å². The summed E-state index contributed by atoms with van der Waals surface area (Å²) in [5, 5.41) is 11.6. The summed E-state index contributed by atoms with van der Waals surface area (Å²) in [6.07, 6.45) is 1.66. The highest BCUT2D eigenvalue weighted by atomic mass is 16.4. The van der Waals surface area contributed by atoms with Gasteiger partial charge in [0.1, 0.15) is 0 Å². The lowest BCUT2D eigenvalue weighted by atomic mass is 9.78. The zero-order valence-corrected chi connectivity index (χ0v) is 7.90. The maximum Gasteiger partial charge on any atom is 0.308 e. The summed E-state index contributed by atoms with van der Waals surface area (Å²) < 4.78 is 0. The molecular formula is C9H14N2O3. The first kappa shape index (κ1) is 9.45. The highest BCUT2D eigenvalue weighted by Gasteiger charge is 2.41. The number of hydrogen-bond acceptors (Lipinski definition) is 3. The third-order valence-corrected chi connectivity index (χ3v) is 3.09. The summed E-state index contributed by atoms with van der Waals surface area (Å²) >= 11 is 0. The van der Waals surface area contributed by atoms with Crippen molar-refractivity contribution >= 4 is 11.9 Å². The van der Waals surface area contributed by atoms with Crippen molar-refractivity contribution < 1.29 is 14.7 Å². The molecule has 2 unspecified atom stereocenters. The van der Waals surface area contributed by atoms with Crippen molar-refractivity contribution in [3.05, 3.63) is 0 Å². The Hall–Kier alpha value is -1.10. The fourth-order valence-electron chi connectivity index (χ4n) is 2.15. The van der Waals surface area contributed by atoms with E-state index in [-0.39, 0.29) is 17.9 Å². The van der Waals surface area contributed by atoms with E-state index >= 15 is 0 Å². The molecule has 5 nitrogen and oxygen atoms in total. The molecule has 0 radical (unpaired) electrons. The van der Waals surface area contributed by atoms with Crippen LogP contribution in [0.5, 0.6) is 0 Å². The predicted molar refractivity (Wildman–Crippen MR) is 48.7 cm³/mol. The van der Waals surface area contributed by atoms with Gasteiger partial charge in [0.25, 0.3) is 0 Å². The molecule has 2 rings (SSSR count). The van der Waals surface area contributed by atoms with E-state index in [0.717, 1.165) is 19.4 Å². The molecule has 0 aromatic rings. The van der Waals surface area contributed by atoms with Gasteiger partial charge in [-0.25, -0.2) is 0 Å². The minimum absolute atomic E-state index is 0.00675. The molecule has 14 heavy (non-hydrogen) atoms. The van der Waals surface area contributed by atoms with E-state index < -0.39 is 5.97 Å². The number of carbonyl (C=O) groups excluding carboxylic acids is 1. The predicted octanol–water partition coefficient (Wildman–Crippen LogP) is -0.719. The van der Waals surface area contributed by atoms with Gasteiger partial charge in [-0.15, -0.1) is 0 Å². The van der Waals surface area contributed by atoms with E-state index in [1.807, 2.05) is 4.90 Å². The molecule has 1 amide bonds. The molecule has 1 aliphatic heterocycles. The van der Waals surface area contributed by atoms with Crippen LogP contribution in [0.1, 0.15) is 12.8 Å². The van der Waals surface area contributed by atoms with Gasteiger partial charge in [-0.3, -0.25) is 14.5 Å². The highest BCUT2D eigenvalue weighted by Crippen LogP contribution is 2.32. The van der Waals surface area contributed by atoms with Crippen molar-refractivity contribution in [3.63, 3.8) is 0 Å². The van der Waals surface area contributed by atoms with Crippen LogP contribution in [0.3, 0.4) is 0 Å². The van der Waals surface area contributed by atoms with Crippen LogP contribution in [0.15, 0.2) is 0 Å². The van der Waals surface area contributed by atoms with E-state index in [4.69, 9.17) is 5.11 Å². The van der Waals surface area contributed by atoms with Crippen molar-refractivity contribution in [1.82, 2.24) is 10.2 Å².